The number of amides is 1. The first-order valence-corrected chi connectivity index (χ1v) is 5.82. The molecule has 1 fully saturated rings. The minimum atomic E-state index is -0.596. The minimum absolute atomic E-state index is 0.134. The van der Waals surface area contributed by atoms with E-state index in [1.54, 1.807) is 0 Å². The fourth-order valence-corrected chi connectivity index (χ4v) is 1.74. The third-order valence-electron chi connectivity index (χ3n) is 3.30. The van der Waals surface area contributed by atoms with Crippen LogP contribution in [0.3, 0.4) is 0 Å². The van der Waals surface area contributed by atoms with Gasteiger partial charge in [0, 0.05) is 25.6 Å². The quantitative estimate of drug-likeness (QED) is 0.621. The molecule has 0 aliphatic carbocycles. The molecule has 1 heterocycles. The Bertz CT molecular complexity index is 205. The standard InChI is InChI=1S/C11H22N2O2/c1-3-11(15,4-2)8-13-9-5-6-10(14)12-7-9/h9,13,15H,3-8H2,1-2H3,(H,12,14). The van der Waals surface area contributed by atoms with Crippen molar-refractivity contribution in [3.05, 3.63) is 0 Å². The van der Waals surface area contributed by atoms with Crippen molar-refractivity contribution in [3.8, 4) is 0 Å². The van der Waals surface area contributed by atoms with Gasteiger partial charge in [0.2, 0.25) is 5.91 Å². The number of hydrogen-bond donors (Lipinski definition) is 3. The van der Waals surface area contributed by atoms with Crippen molar-refractivity contribution in [2.45, 2.75) is 51.2 Å². The summed E-state index contributed by atoms with van der Waals surface area (Å²) in [6, 6.07) is 0.312. The molecule has 0 spiro atoms. The first-order chi connectivity index (χ1) is 7.09. The Balaban J connectivity index is 2.27. The fourth-order valence-electron chi connectivity index (χ4n) is 1.74. The summed E-state index contributed by atoms with van der Waals surface area (Å²) in [6.07, 6.45) is 2.98. The second-order valence-corrected chi connectivity index (χ2v) is 4.35. The zero-order chi connectivity index (χ0) is 11.3. The van der Waals surface area contributed by atoms with E-state index in [0.29, 0.717) is 25.6 Å². The number of piperidine rings is 1. The smallest absolute Gasteiger partial charge is 0.220 e. The molecule has 3 N–H and O–H groups in total. The van der Waals surface area contributed by atoms with E-state index in [1.807, 2.05) is 13.8 Å². The molecule has 1 aliphatic rings. The highest BCUT2D eigenvalue weighted by Crippen LogP contribution is 2.14. The van der Waals surface area contributed by atoms with Crippen LogP contribution in [-0.4, -0.2) is 35.7 Å². The zero-order valence-electron chi connectivity index (χ0n) is 9.68. The fraction of sp³-hybridized carbons (Fsp3) is 0.909. The second kappa shape index (κ2) is 5.47. The van der Waals surface area contributed by atoms with Gasteiger partial charge in [-0.05, 0) is 19.3 Å². The Kier molecular flexibility index (Phi) is 4.54. The summed E-state index contributed by atoms with van der Waals surface area (Å²) in [4.78, 5) is 10.9. The lowest BCUT2D eigenvalue weighted by Gasteiger charge is -2.30. The van der Waals surface area contributed by atoms with Crippen molar-refractivity contribution in [1.29, 1.82) is 0 Å². The van der Waals surface area contributed by atoms with Gasteiger partial charge in [0.15, 0.2) is 0 Å². The van der Waals surface area contributed by atoms with Gasteiger partial charge in [0.1, 0.15) is 0 Å². The summed E-state index contributed by atoms with van der Waals surface area (Å²) in [5, 5.41) is 16.2. The first kappa shape index (κ1) is 12.5. The molecule has 0 aromatic carbocycles. The molecule has 1 atom stereocenters. The summed E-state index contributed by atoms with van der Waals surface area (Å²) >= 11 is 0. The van der Waals surface area contributed by atoms with Crippen molar-refractivity contribution in [1.82, 2.24) is 10.6 Å². The van der Waals surface area contributed by atoms with E-state index < -0.39 is 5.60 Å². The van der Waals surface area contributed by atoms with Crippen LogP contribution in [0.2, 0.25) is 0 Å². The van der Waals surface area contributed by atoms with Crippen molar-refractivity contribution < 1.29 is 9.90 Å². The van der Waals surface area contributed by atoms with Crippen molar-refractivity contribution in [3.63, 3.8) is 0 Å². The molecule has 0 aromatic heterocycles. The van der Waals surface area contributed by atoms with Crippen molar-refractivity contribution >= 4 is 5.91 Å². The number of carbonyl (C=O) groups excluding carboxylic acids is 1. The molecule has 0 saturated carbocycles. The van der Waals surface area contributed by atoms with Gasteiger partial charge in [-0.3, -0.25) is 4.79 Å². The van der Waals surface area contributed by atoms with Gasteiger partial charge in [-0.25, -0.2) is 0 Å². The lowest BCUT2D eigenvalue weighted by atomic mass is 9.96. The lowest BCUT2D eigenvalue weighted by Crippen LogP contribution is -2.50. The maximum absolute atomic E-state index is 10.9. The van der Waals surface area contributed by atoms with Crippen LogP contribution in [-0.2, 0) is 4.79 Å². The van der Waals surface area contributed by atoms with E-state index in [1.165, 1.54) is 0 Å². The molecule has 0 aromatic rings. The van der Waals surface area contributed by atoms with Gasteiger partial charge < -0.3 is 15.7 Å². The van der Waals surface area contributed by atoms with Crippen molar-refractivity contribution in [2.75, 3.05) is 13.1 Å². The molecule has 1 aliphatic heterocycles. The Morgan fingerprint density at radius 1 is 1.53 bits per heavy atom. The van der Waals surface area contributed by atoms with Crippen LogP contribution in [0.15, 0.2) is 0 Å². The van der Waals surface area contributed by atoms with E-state index in [4.69, 9.17) is 0 Å². The zero-order valence-corrected chi connectivity index (χ0v) is 9.68. The highest BCUT2D eigenvalue weighted by molar-refractivity contribution is 5.76. The van der Waals surface area contributed by atoms with Crippen LogP contribution in [0.5, 0.6) is 0 Å². The number of nitrogens with one attached hydrogen (secondary N) is 2. The third-order valence-corrected chi connectivity index (χ3v) is 3.30. The van der Waals surface area contributed by atoms with Crippen LogP contribution < -0.4 is 10.6 Å². The Morgan fingerprint density at radius 2 is 2.20 bits per heavy atom. The number of aliphatic hydroxyl groups is 1. The Labute approximate surface area is 91.4 Å². The highest BCUT2D eigenvalue weighted by Gasteiger charge is 2.24. The molecular weight excluding hydrogens is 192 g/mol. The van der Waals surface area contributed by atoms with Gasteiger partial charge in [0.25, 0.3) is 0 Å². The lowest BCUT2D eigenvalue weighted by molar-refractivity contribution is -0.122. The summed E-state index contributed by atoms with van der Waals surface area (Å²) < 4.78 is 0. The average molecular weight is 214 g/mol. The molecule has 1 amide bonds. The van der Waals surface area contributed by atoms with E-state index >= 15 is 0 Å². The first-order valence-electron chi connectivity index (χ1n) is 5.82. The highest BCUT2D eigenvalue weighted by atomic mass is 16.3. The van der Waals surface area contributed by atoms with Crippen LogP contribution in [0.25, 0.3) is 0 Å². The van der Waals surface area contributed by atoms with Gasteiger partial charge in [-0.15, -0.1) is 0 Å². The van der Waals surface area contributed by atoms with E-state index in [0.717, 1.165) is 19.3 Å². The summed E-state index contributed by atoms with van der Waals surface area (Å²) in [7, 11) is 0. The Morgan fingerprint density at radius 3 is 2.67 bits per heavy atom. The average Bonchev–Trinajstić information content (AvgIpc) is 2.28. The topological polar surface area (TPSA) is 61.4 Å². The maximum atomic E-state index is 10.9. The third kappa shape index (κ3) is 3.80. The summed E-state index contributed by atoms with van der Waals surface area (Å²) in [5.41, 5.74) is -0.596. The predicted molar refractivity (Wildman–Crippen MR) is 59.6 cm³/mol. The number of hydrogen-bond acceptors (Lipinski definition) is 3. The van der Waals surface area contributed by atoms with E-state index in [9.17, 15) is 9.90 Å². The maximum Gasteiger partial charge on any atom is 0.220 e. The van der Waals surface area contributed by atoms with Gasteiger partial charge in [0.05, 0.1) is 5.60 Å². The van der Waals surface area contributed by atoms with Crippen LogP contribution in [0.1, 0.15) is 39.5 Å². The number of rotatable bonds is 5. The van der Waals surface area contributed by atoms with Gasteiger partial charge >= 0.3 is 0 Å². The van der Waals surface area contributed by atoms with Gasteiger partial charge in [-0.2, -0.15) is 0 Å². The normalized spacial score (nSPS) is 22.6. The van der Waals surface area contributed by atoms with E-state index in [-0.39, 0.29) is 5.91 Å². The van der Waals surface area contributed by atoms with Crippen LogP contribution in [0, 0.1) is 0 Å². The molecule has 4 heteroatoms. The Hall–Kier alpha value is -0.610. The van der Waals surface area contributed by atoms with Crippen LogP contribution in [0.4, 0.5) is 0 Å². The monoisotopic (exact) mass is 214 g/mol. The molecule has 1 saturated heterocycles. The molecule has 15 heavy (non-hydrogen) atoms. The second-order valence-electron chi connectivity index (χ2n) is 4.35. The molecule has 4 nitrogen and oxygen atoms in total. The SMILES string of the molecule is CCC(O)(CC)CNC1CCC(=O)NC1. The molecule has 88 valence electrons. The van der Waals surface area contributed by atoms with Gasteiger partial charge in [-0.1, -0.05) is 13.8 Å². The molecule has 1 rings (SSSR count). The minimum Gasteiger partial charge on any atom is -0.389 e. The van der Waals surface area contributed by atoms with Crippen molar-refractivity contribution in [2.24, 2.45) is 0 Å². The molecule has 0 bridgehead atoms. The predicted octanol–water partition coefficient (Wildman–Crippen LogP) is 0.406. The molecule has 1 unspecified atom stereocenters. The summed E-state index contributed by atoms with van der Waals surface area (Å²) in [6.45, 7) is 5.28. The largest absolute Gasteiger partial charge is 0.389 e. The molecule has 0 radical (unpaired) electrons. The number of carbonyl (C=O) groups is 1. The van der Waals surface area contributed by atoms with E-state index in [2.05, 4.69) is 10.6 Å². The molecular formula is C11H22N2O2. The van der Waals surface area contributed by atoms with Crippen LogP contribution >= 0.6 is 0 Å². The summed E-state index contributed by atoms with van der Waals surface area (Å²) in [5.74, 6) is 0.134.